The van der Waals surface area contributed by atoms with Crippen molar-refractivity contribution in [2.24, 2.45) is 5.92 Å². The maximum absolute atomic E-state index is 6.32. The van der Waals surface area contributed by atoms with Crippen molar-refractivity contribution in [1.82, 2.24) is 19.3 Å². The average molecular weight is 283 g/mol. The van der Waals surface area contributed by atoms with Crippen molar-refractivity contribution in [3.8, 4) is 0 Å². The van der Waals surface area contributed by atoms with Gasteiger partial charge >= 0.3 is 0 Å². The first-order valence-corrected chi connectivity index (χ1v) is 7.41. The van der Waals surface area contributed by atoms with E-state index in [4.69, 9.17) is 16.6 Å². The number of aromatic nitrogens is 4. The van der Waals surface area contributed by atoms with Crippen molar-refractivity contribution in [3.05, 3.63) is 11.5 Å². The molecule has 0 saturated carbocycles. The van der Waals surface area contributed by atoms with E-state index in [0.717, 1.165) is 29.2 Å². The van der Waals surface area contributed by atoms with Crippen LogP contribution in [0.5, 0.6) is 0 Å². The number of rotatable bonds is 4. The molecule has 0 saturated heterocycles. The van der Waals surface area contributed by atoms with E-state index in [-0.39, 0.29) is 5.38 Å². The predicted octanol–water partition coefficient (Wildman–Crippen LogP) is 4.08. The summed E-state index contributed by atoms with van der Waals surface area (Å²) in [5.41, 5.74) is 3.06. The highest BCUT2D eigenvalue weighted by Crippen LogP contribution is 2.32. The number of imidazole rings is 1. The summed E-state index contributed by atoms with van der Waals surface area (Å²) in [4.78, 5) is 4.73. The van der Waals surface area contributed by atoms with Gasteiger partial charge < -0.3 is 4.57 Å². The molecule has 19 heavy (non-hydrogen) atoms. The molecule has 0 N–H and O–H groups in total. The fraction of sp³-hybridized carbons (Fsp3) is 0.714. The lowest BCUT2D eigenvalue weighted by Gasteiger charge is -2.22. The van der Waals surface area contributed by atoms with Crippen LogP contribution in [0.3, 0.4) is 0 Å². The lowest BCUT2D eigenvalue weighted by Crippen LogP contribution is -2.17. The van der Waals surface area contributed by atoms with Gasteiger partial charge in [0.15, 0.2) is 5.65 Å². The van der Waals surface area contributed by atoms with E-state index in [1.807, 2.05) is 18.5 Å². The number of nitrogens with zero attached hydrogens (tertiary/aromatic N) is 4. The molecular weight excluding hydrogens is 260 g/mol. The summed E-state index contributed by atoms with van der Waals surface area (Å²) in [5.74, 6) is 1.47. The molecular formula is C14H23ClN4. The van der Waals surface area contributed by atoms with Crippen LogP contribution in [0.1, 0.15) is 57.6 Å². The highest BCUT2D eigenvalue weighted by Gasteiger charge is 2.25. The Balaban J connectivity index is 2.78. The SMILES string of the molecule is CCn1nc(C)c2nc(C(C)Cl)n(C(C)C(C)C)c21. The Morgan fingerprint density at radius 1 is 1.21 bits per heavy atom. The normalized spacial score (nSPS) is 15.4. The van der Waals surface area contributed by atoms with E-state index in [0.29, 0.717) is 12.0 Å². The molecule has 0 aliphatic rings. The van der Waals surface area contributed by atoms with Gasteiger partial charge in [-0.25, -0.2) is 9.67 Å². The summed E-state index contributed by atoms with van der Waals surface area (Å²) >= 11 is 6.32. The van der Waals surface area contributed by atoms with E-state index in [9.17, 15) is 0 Å². The van der Waals surface area contributed by atoms with Gasteiger partial charge in [-0.3, -0.25) is 0 Å². The number of fused-ring (bicyclic) bond motifs is 1. The number of halogens is 1. The van der Waals surface area contributed by atoms with Gasteiger partial charge in [-0.2, -0.15) is 5.10 Å². The first-order valence-electron chi connectivity index (χ1n) is 6.97. The zero-order chi connectivity index (χ0) is 14.3. The summed E-state index contributed by atoms with van der Waals surface area (Å²) < 4.78 is 4.29. The monoisotopic (exact) mass is 282 g/mol. The van der Waals surface area contributed by atoms with Crippen molar-refractivity contribution < 1.29 is 0 Å². The van der Waals surface area contributed by atoms with Crippen LogP contribution in [0.25, 0.3) is 11.2 Å². The minimum atomic E-state index is -0.0988. The average Bonchev–Trinajstić information content (AvgIpc) is 2.86. The fourth-order valence-corrected chi connectivity index (χ4v) is 2.56. The molecule has 4 nitrogen and oxygen atoms in total. The van der Waals surface area contributed by atoms with Crippen LogP contribution in [0.15, 0.2) is 0 Å². The van der Waals surface area contributed by atoms with Crippen LogP contribution in [0.2, 0.25) is 0 Å². The third kappa shape index (κ3) is 2.27. The molecule has 0 fully saturated rings. The summed E-state index contributed by atoms with van der Waals surface area (Å²) in [6.45, 7) is 13.6. The Kier molecular flexibility index (Phi) is 3.90. The Morgan fingerprint density at radius 3 is 2.32 bits per heavy atom. The van der Waals surface area contributed by atoms with E-state index in [1.165, 1.54) is 0 Å². The van der Waals surface area contributed by atoms with Crippen molar-refractivity contribution >= 4 is 22.8 Å². The van der Waals surface area contributed by atoms with Crippen LogP contribution < -0.4 is 0 Å². The van der Waals surface area contributed by atoms with Crippen LogP contribution in [-0.2, 0) is 6.54 Å². The molecule has 0 aliphatic heterocycles. The molecule has 2 aromatic rings. The summed E-state index contributed by atoms with van der Waals surface area (Å²) in [5, 5.41) is 4.46. The summed E-state index contributed by atoms with van der Waals surface area (Å²) in [6.07, 6.45) is 0. The molecule has 0 amide bonds. The third-order valence-corrected chi connectivity index (χ3v) is 3.99. The maximum atomic E-state index is 6.32. The first-order chi connectivity index (χ1) is 8.88. The predicted molar refractivity (Wildman–Crippen MR) is 79.7 cm³/mol. The van der Waals surface area contributed by atoms with Crippen LogP contribution in [0.4, 0.5) is 0 Å². The Morgan fingerprint density at radius 2 is 1.84 bits per heavy atom. The summed E-state index contributed by atoms with van der Waals surface area (Å²) in [6, 6.07) is 0.350. The third-order valence-electron chi connectivity index (χ3n) is 3.80. The molecule has 0 aliphatic carbocycles. The molecule has 0 bridgehead atoms. The van der Waals surface area contributed by atoms with Gasteiger partial charge in [0.05, 0.1) is 11.1 Å². The zero-order valence-electron chi connectivity index (χ0n) is 12.6. The van der Waals surface area contributed by atoms with E-state index >= 15 is 0 Å². The van der Waals surface area contributed by atoms with Gasteiger partial charge in [-0.05, 0) is 33.6 Å². The molecule has 0 radical (unpaired) electrons. The fourth-order valence-electron chi connectivity index (χ4n) is 2.41. The Hall–Kier alpha value is -1.03. The first kappa shape index (κ1) is 14.4. The van der Waals surface area contributed by atoms with Crippen LogP contribution in [-0.4, -0.2) is 19.3 Å². The number of alkyl halides is 1. The smallest absolute Gasteiger partial charge is 0.159 e. The number of hydrogen-bond acceptors (Lipinski definition) is 2. The second kappa shape index (κ2) is 5.16. The largest absolute Gasteiger partial charge is 0.309 e. The zero-order valence-corrected chi connectivity index (χ0v) is 13.4. The molecule has 0 spiro atoms. The van der Waals surface area contributed by atoms with E-state index in [2.05, 4.69) is 37.4 Å². The molecule has 106 valence electrons. The highest BCUT2D eigenvalue weighted by atomic mass is 35.5. The van der Waals surface area contributed by atoms with E-state index in [1.54, 1.807) is 0 Å². The van der Waals surface area contributed by atoms with Crippen LogP contribution >= 0.6 is 11.6 Å². The minimum absolute atomic E-state index is 0.0988. The maximum Gasteiger partial charge on any atom is 0.159 e. The molecule has 2 aromatic heterocycles. The second-order valence-electron chi connectivity index (χ2n) is 5.51. The van der Waals surface area contributed by atoms with Gasteiger partial charge in [-0.15, -0.1) is 11.6 Å². The Bertz CT molecular complexity index is 580. The van der Waals surface area contributed by atoms with Crippen molar-refractivity contribution in [3.63, 3.8) is 0 Å². The molecule has 5 heteroatoms. The second-order valence-corrected chi connectivity index (χ2v) is 6.17. The van der Waals surface area contributed by atoms with Gasteiger partial charge in [0, 0.05) is 12.6 Å². The highest BCUT2D eigenvalue weighted by molar-refractivity contribution is 6.20. The van der Waals surface area contributed by atoms with Crippen LogP contribution in [0, 0.1) is 12.8 Å². The van der Waals surface area contributed by atoms with Crippen molar-refractivity contribution in [1.29, 1.82) is 0 Å². The molecule has 0 aromatic carbocycles. The molecule has 2 heterocycles. The standard InChI is InChI=1S/C14H23ClN4/c1-7-18-14-12(10(5)17-18)16-13(9(4)15)19(14)11(6)8(2)3/h8-9,11H,7H2,1-6H3. The quantitative estimate of drug-likeness (QED) is 0.792. The lowest BCUT2D eigenvalue weighted by atomic mass is 10.1. The number of hydrogen-bond donors (Lipinski definition) is 0. The van der Waals surface area contributed by atoms with Gasteiger partial charge in [0.2, 0.25) is 0 Å². The summed E-state index contributed by atoms with van der Waals surface area (Å²) in [7, 11) is 0. The van der Waals surface area contributed by atoms with Gasteiger partial charge in [0.25, 0.3) is 0 Å². The van der Waals surface area contributed by atoms with Gasteiger partial charge in [0.1, 0.15) is 11.3 Å². The van der Waals surface area contributed by atoms with Gasteiger partial charge in [-0.1, -0.05) is 13.8 Å². The Labute approximate surface area is 119 Å². The molecule has 2 unspecified atom stereocenters. The number of aryl methyl sites for hydroxylation is 2. The lowest BCUT2D eigenvalue weighted by molar-refractivity contribution is 0.398. The molecule has 2 atom stereocenters. The van der Waals surface area contributed by atoms with Crippen molar-refractivity contribution in [2.75, 3.05) is 0 Å². The minimum Gasteiger partial charge on any atom is -0.309 e. The van der Waals surface area contributed by atoms with E-state index < -0.39 is 0 Å². The van der Waals surface area contributed by atoms with Crippen molar-refractivity contribution in [2.45, 2.75) is 59.5 Å². The molecule has 2 rings (SSSR count). The topological polar surface area (TPSA) is 35.6 Å².